The van der Waals surface area contributed by atoms with Gasteiger partial charge in [-0.25, -0.2) is 0 Å². The van der Waals surface area contributed by atoms with Crippen LogP contribution in [-0.4, -0.2) is 44.7 Å². The molecule has 0 aromatic heterocycles. The summed E-state index contributed by atoms with van der Waals surface area (Å²) >= 11 is 0. The molecule has 8 nitrogen and oxygen atoms in total. The van der Waals surface area contributed by atoms with Gasteiger partial charge in [0.25, 0.3) is 11.8 Å². The second-order valence-corrected chi connectivity index (χ2v) is 6.57. The quantitative estimate of drug-likeness (QED) is 0.644. The molecule has 3 N–H and O–H groups in total. The lowest BCUT2D eigenvalue weighted by molar-refractivity contribution is -0.881. The van der Waals surface area contributed by atoms with Gasteiger partial charge in [-0.05, 0) is 31.2 Å². The molecular formula is C21H23N4O4+. The number of hydrogen-bond donors (Lipinski definition) is 3. The van der Waals surface area contributed by atoms with E-state index < -0.39 is 0 Å². The molecule has 0 aliphatic carbocycles. The Morgan fingerprint density at radius 2 is 1.72 bits per heavy atom. The summed E-state index contributed by atoms with van der Waals surface area (Å²) < 4.78 is 11.0. The Balaban J connectivity index is 1.54. The third kappa shape index (κ3) is 5.46. The summed E-state index contributed by atoms with van der Waals surface area (Å²) in [5, 5.41) is 14.7. The van der Waals surface area contributed by atoms with E-state index in [4.69, 9.17) is 14.7 Å². The monoisotopic (exact) mass is 395 g/mol. The number of ether oxygens (including phenoxy) is 2. The van der Waals surface area contributed by atoms with E-state index >= 15 is 0 Å². The highest BCUT2D eigenvalue weighted by molar-refractivity contribution is 5.94. The Kier molecular flexibility index (Phi) is 6.66. The van der Waals surface area contributed by atoms with Crippen molar-refractivity contribution in [2.75, 3.05) is 43.5 Å². The summed E-state index contributed by atoms with van der Waals surface area (Å²) in [6.45, 7) is 3.74. The first kappa shape index (κ1) is 20.2. The molecule has 29 heavy (non-hydrogen) atoms. The number of carbonyl (C=O) groups is 2. The van der Waals surface area contributed by atoms with E-state index in [0.717, 1.165) is 4.90 Å². The number of rotatable bonds is 7. The van der Waals surface area contributed by atoms with Crippen LogP contribution in [0.3, 0.4) is 0 Å². The summed E-state index contributed by atoms with van der Waals surface area (Å²) in [5.41, 5.74) is 1.48. The Labute approximate surface area is 169 Å². The maximum atomic E-state index is 12.4. The lowest BCUT2D eigenvalue weighted by atomic mass is 10.2. The molecule has 1 aliphatic rings. The average Bonchev–Trinajstić information content (AvgIpc) is 2.73. The van der Waals surface area contributed by atoms with E-state index in [1.54, 1.807) is 42.5 Å². The zero-order valence-corrected chi connectivity index (χ0v) is 16.2. The highest BCUT2D eigenvalue weighted by atomic mass is 16.6. The Morgan fingerprint density at radius 3 is 2.45 bits per heavy atom. The fourth-order valence-corrected chi connectivity index (χ4v) is 2.98. The molecule has 1 atom stereocenters. The van der Waals surface area contributed by atoms with E-state index in [1.165, 1.54) is 0 Å². The lowest BCUT2D eigenvalue weighted by Crippen LogP contribution is -3.13. The maximum Gasteiger partial charge on any atom is 0.279 e. The zero-order valence-electron chi connectivity index (χ0n) is 16.2. The first-order valence-corrected chi connectivity index (χ1v) is 9.41. The van der Waals surface area contributed by atoms with Crippen molar-refractivity contribution in [3.05, 3.63) is 48.0 Å². The predicted octanol–water partition coefficient (Wildman–Crippen LogP) is 0.811. The number of hydrogen-bond acceptors (Lipinski definition) is 5. The van der Waals surface area contributed by atoms with Crippen molar-refractivity contribution in [2.45, 2.75) is 6.92 Å². The van der Waals surface area contributed by atoms with Crippen LogP contribution >= 0.6 is 0 Å². The van der Waals surface area contributed by atoms with Gasteiger partial charge in [0.05, 0.1) is 17.8 Å². The highest BCUT2D eigenvalue weighted by Crippen LogP contribution is 2.32. The van der Waals surface area contributed by atoms with E-state index in [-0.39, 0.29) is 24.9 Å². The Morgan fingerprint density at radius 1 is 1.03 bits per heavy atom. The van der Waals surface area contributed by atoms with Crippen LogP contribution in [0.2, 0.25) is 0 Å². The molecular weight excluding hydrogens is 372 g/mol. The molecule has 0 saturated carbocycles. The first-order chi connectivity index (χ1) is 14.1. The summed E-state index contributed by atoms with van der Waals surface area (Å²) in [5.74, 6) is 0.800. The van der Waals surface area contributed by atoms with Crippen LogP contribution in [-0.2, 0) is 9.59 Å². The molecule has 0 saturated heterocycles. The van der Waals surface area contributed by atoms with E-state index in [9.17, 15) is 9.59 Å². The van der Waals surface area contributed by atoms with Crippen molar-refractivity contribution in [2.24, 2.45) is 0 Å². The smallest absolute Gasteiger partial charge is 0.279 e. The number of anilines is 2. The highest BCUT2D eigenvalue weighted by Gasteiger charge is 2.19. The minimum atomic E-state index is -0.253. The number of para-hydroxylation sites is 1. The molecule has 8 heteroatoms. The van der Waals surface area contributed by atoms with Gasteiger partial charge in [0.2, 0.25) is 0 Å². The normalized spacial score (nSPS) is 13.1. The van der Waals surface area contributed by atoms with Gasteiger partial charge in [-0.3, -0.25) is 9.59 Å². The third-order valence-electron chi connectivity index (χ3n) is 4.47. The second-order valence-electron chi connectivity index (χ2n) is 6.57. The van der Waals surface area contributed by atoms with Crippen molar-refractivity contribution in [3.8, 4) is 17.6 Å². The number of nitrogens with zero attached hydrogens (tertiary/aromatic N) is 1. The van der Waals surface area contributed by atoms with Gasteiger partial charge in [-0.15, -0.1) is 0 Å². The van der Waals surface area contributed by atoms with Crippen LogP contribution in [0.4, 0.5) is 11.4 Å². The molecule has 1 heterocycles. The van der Waals surface area contributed by atoms with Crippen LogP contribution in [0, 0.1) is 11.3 Å². The van der Waals surface area contributed by atoms with Crippen LogP contribution in [0.25, 0.3) is 0 Å². The molecule has 150 valence electrons. The van der Waals surface area contributed by atoms with Crippen molar-refractivity contribution in [1.29, 1.82) is 5.26 Å². The zero-order chi connectivity index (χ0) is 20.6. The molecule has 0 bridgehead atoms. The largest absolute Gasteiger partial charge is 0.486 e. The van der Waals surface area contributed by atoms with Gasteiger partial charge < -0.3 is 25.0 Å². The minimum Gasteiger partial charge on any atom is -0.486 e. The number of likely N-dealkylation sites (N-methyl/N-ethyl adjacent to an activating group) is 1. The lowest BCUT2D eigenvalue weighted by Gasteiger charge is -2.20. The molecule has 1 unspecified atom stereocenters. The second kappa shape index (κ2) is 9.57. The van der Waals surface area contributed by atoms with Crippen LogP contribution in [0.1, 0.15) is 12.5 Å². The Hall–Kier alpha value is -3.57. The molecule has 0 radical (unpaired) electrons. The average molecular weight is 395 g/mol. The number of nitriles is 1. The van der Waals surface area contributed by atoms with Gasteiger partial charge in [0.1, 0.15) is 19.3 Å². The summed E-state index contributed by atoms with van der Waals surface area (Å²) in [6.07, 6.45) is 0. The summed E-state index contributed by atoms with van der Waals surface area (Å²) in [6, 6.07) is 14.1. The molecule has 3 rings (SSSR count). The fraction of sp³-hybridized carbons (Fsp3) is 0.286. The standard InChI is InChI=1S/C21H22N4O4/c1-2-25(14-21(27)24-17-6-4-3-5-15(17)12-22)13-20(26)23-16-7-8-18-19(11-16)29-10-9-28-18/h3-8,11H,2,9-10,13-14H2,1H3,(H,23,26)(H,24,27)/p+1. The molecule has 2 aromatic rings. The van der Waals surface area contributed by atoms with Crippen molar-refractivity contribution < 1.29 is 24.0 Å². The van der Waals surface area contributed by atoms with E-state index in [2.05, 4.69) is 10.6 Å². The van der Waals surface area contributed by atoms with Gasteiger partial charge in [-0.2, -0.15) is 5.26 Å². The molecule has 0 fully saturated rings. The molecule has 0 spiro atoms. The fourth-order valence-electron chi connectivity index (χ4n) is 2.98. The number of amides is 2. The molecule has 1 aliphatic heterocycles. The van der Waals surface area contributed by atoms with Gasteiger partial charge in [-0.1, -0.05) is 12.1 Å². The third-order valence-corrected chi connectivity index (χ3v) is 4.47. The van der Waals surface area contributed by atoms with Crippen molar-refractivity contribution >= 4 is 23.2 Å². The maximum absolute atomic E-state index is 12.4. The van der Waals surface area contributed by atoms with Crippen LogP contribution < -0.4 is 25.0 Å². The molecule has 2 aromatic carbocycles. The van der Waals surface area contributed by atoms with Crippen molar-refractivity contribution in [3.63, 3.8) is 0 Å². The van der Waals surface area contributed by atoms with Crippen LogP contribution in [0.5, 0.6) is 11.5 Å². The van der Waals surface area contributed by atoms with Gasteiger partial charge >= 0.3 is 0 Å². The number of nitrogens with one attached hydrogen (secondary N) is 3. The summed E-state index contributed by atoms with van der Waals surface area (Å²) in [7, 11) is 0. The number of benzene rings is 2. The molecule has 2 amide bonds. The number of fused-ring (bicyclic) bond motifs is 1. The minimum absolute atomic E-state index is 0.116. The van der Waals surface area contributed by atoms with E-state index in [1.807, 2.05) is 13.0 Å². The Bertz CT molecular complexity index is 939. The van der Waals surface area contributed by atoms with Gasteiger partial charge in [0.15, 0.2) is 24.6 Å². The van der Waals surface area contributed by atoms with E-state index in [0.29, 0.717) is 48.2 Å². The number of carbonyl (C=O) groups excluding carboxylic acids is 2. The summed E-state index contributed by atoms with van der Waals surface area (Å²) in [4.78, 5) is 25.6. The van der Waals surface area contributed by atoms with Crippen molar-refractivity contribution in [1.82, 2.24) is 0 Å². The van der Waals surface area contributed by atoms with Gasteiger partial charge in [0, 0.05) is 11.8 Å². The topological polar surface area (TPSA) is 105 Å². The van der Waals surface area contributed by atoms with Crippen LogP contribution in [0.15, 0.2) is 42.5 Å². The first-order valence-electron chi connectivity index (χ1n) is 9.41. The number of quaternary nitrogens is 1. The predicted molar refractivity (Wildman–Crippen MR) is 107 cm³/mol. The SMILES string of the molecule is CC[NH+](CC(=O)Nc1ccc2c(c1)OCCO2)CC(=O)Nc1ccccc1C#N.